The van der Waals surface area contributed by atoms with Crippen LogP contribution in [0.25, 0.3) is 0 Å². The molecule has 15 heavy (non-hydrogen) atoms. The zero-order valence-electron chi connectivity index (χ0n) is 7.94. The minimum atomic E-state index is -0.459. The largest absolute Gasteiger partial charge is 0.312 e. The average Bonchev–Trinajstić information content (AvgIpc) is 2.78. The molecule has 0 saturated heterocycles. The van der Waals surface area contributed by atoms with E-state index in [0.29, 0.717) is 5.69 Å². The molecule has 0 aromatic carbocycles. The van der Waals surface area contributed by atoms with Gasteiger partial charge in [-0.3, -0.25) is 14.8 Å². The molecule has 0 aliphatic carbocycles. The lowest BCUT2D eigenvalue weighted by molar-refractivity contribution is -0.385. The number of nitro groups is 1. The standard InChI is InChI=1S/C7H8N6O2/c1-11-7(3-12-5-8-4-10-12)6(2-9-11)13(14)15/h2,4-5H,3H2,1H3. The summed E-state index contributed by atoms with van der Waals surface area (Å²) >= 11 is 0. The Hall–Kier alpha value is -2.25. The summed E-state index contributed by atoms with van der Waals surface area (Å²) < 4.78 is 2.96. The maximum atomic E-state index is 10.7. The zero-order chi connectivity index (χ0) is 10.8. The van der Waals surface area contributed by atoms with Gasteiger partial charge in [-0.1, -0.05) is 0 Å². The third-order valence-electron chi connectivity index (χ3n) is 2.01. The van der Waals surface area contributed by atoms with Crippen molar-refractivity contribution in [3.05, 3.63) is 34.7 Å². The number of rotatable bonds is 3. The van der Waals surface area contributed by atoms with Gasteiger partial charge in [0, 0.05) is 7.05 Å². The normalized spacial score (nSPS) is 10.5. The van der Waals surface area contributed by atoms with Crippen molar-refractivity contribution in [2.45, 2.75) is 6.54 Å². The van der Waals surface area contributed by atoms with Crippen molar-refractivity contribution in [1.82, 2.24) is 24.5 Å². The molecule has 78 valence electrons. The maximum absolute atomic E-state index is 10.7. The Morgan fingerprint density at radius 3 is 2.93 bits per heavy atom. The highest BCUT2D eigenvalue weighted by Crippen LogP contribution is 2.17. The van der Waals surface area contributed by atoms with Crippen LogP contribution in [0.1, 0.15) is 5.69 Å². The minimum Gasteiger partial charge on any atom is -0.264 e. The molecule has 0 bridgehead atoms. The van der Waals surface area contributed by atoms with Crippen molar-refractivity contribution in [2.24, 2.45) is 7.05 Å². The number of hydrogen-bond acceptors (Lipinski definition) is 5. The molecule has 0 aliphatic rings. The lowest BCUT2D eigenvalue weighted by Crippen LogP contribution is -2.07. The summed E-state index contributed by atoms with van der Waals surface area (Å²) in [5, 5.41) is 18.4. The van der Waals surface area contributed by atoms with Gasteiger partial charge >= 0.3 is 5.69 Å². The van der Waals surface area contributed by atoms with E-state index in [4.69, 9.17) is 0 Å². The van der Waals surface area contributed by atoms with Gasteiger partial charge in [-0.25, -0.2) is 9.67 Å². The maximum Gasteiger partial charge on any atom is 0.312 e. The van der Waals surface area contributed by atoms with Crippen LogP contribution in [0, 0.1) is 10.1 Å². The summed E-state index contributed by atoms with van der Waals surface area (Å²) in [6.45, 7) is 0.285. The fourth-order valence-electron chi connectivity index (χ4n) is 1.25. The number of hydrogen-bond donors (Lipinski definition) is 0. The number of aryl methyl sites for hydroxylation is 1. The summed E-state index contributed by atoms with van der Waals surface area (Å²) in [6.07, 6.45) is 4.10. The third kappa shape index (κ3) is 1.68. The SMILES string of the molecule is Cn1ncc([N+](=O)[O-])c1Cn1cncn1. The van der Waals surface area contributed by atoms with E-state index in [0.717, 1.165) is 0 Å². The molecule has 8 nitrogen and oxygen atoms in total. The Kier molecular flexibility index (Phi) is 2.16. The Balaban J connectivity index is 2.35. The van der Waals surface area contributed by atoms with Gasteiger partial charge in [0.15, 0.2) is 0 Å². The predicted octanol–water partition coefficient (Wildman–Crippen LogP) is -0.0319. The third-order valence-corrected chi connectivity index (χ3v) is 2.01. The van der Waals surface area contributed by atoms with Gasteiger partial charge in [0.25, 0.3) is 0 Å². The lowest BCUT2D eigenvalue weighted by Gasteiger charge is -2.00. The second-order valence-electron chi connectivity index (χ2n) is 2.95. The molecule has 0 radical (unpaired) electrons. The smallest absolute Gasteiger partial charge is 0.264 e. The van der Waals surface area contributed by atoms with E-state index in [9.17, 15) is 10.1 Å². The summed E-state index contributed by atoms with van der Waals surface area (Å²) in [6, 6.07) is 0. The Morgan fingerprint density at radius 2 is 2.33 bits per heavy atom. The first-order valence-electron chi connectivity index (χ1n) is 4.16. The number of aromatic nitrogens is 5. The molecule has 0 amide bonds. The molecule has 0 atom stereocenters. The topological polar surface area (TPSA) is 91.7 Å². The number of nitrogens with zero attached hydrogens (tertiary/aromatic N) is 6. The van der Waals surface area contributed by atoms with E-state index < -0.39 is 4.92 Å². The van der Waals surface area contributed by atoms with Crippen LogP contribution in [0.2, 0.25) is 0 Å². The van der Waals surface area contributed by atoms with Crippen LogP contribution in [0.5, 0.6) is 0 Å². The van der Waals surface area contributed by atoms with Crippen molar-refractivity contribution in [3.63, 3.8) is 0 Å². The molecular weight excluding hydrogens is 200 g/mol. The monoisotopic (exact) mass is 208 g/mol. The molecule has 0 aliphatic heterocycles. The van der Waals surface area contributed by atoms with Crippen LogP contribution in [0.4, 0.5) is 5.69 Å². The molecule has 0 N–H and O–H groups in total. The van der Waals surface area contributed by atoms with E-state index in [1.165, 1.54) is 28.2 Å². The summed E-state index contributed by atoms with van der Waals surface area (Å²) in [7, 11) is 1.65. The highest BCUT2D eigenvalue weighted by molar-refractivity contribution is 5.32. The van der Waals surface area contributed by atoms with E-state index >= 15 is 0 Å². The van der Waals surface area contributed by atoms with Gasteiger partial charge in [-0.05, 0) is 0 Å². The van der Waals surface area contributed by atoms with Crippen molar-refractivity contribution in [1.29, 1.82) is 0 Å². The Bertz CT molecular complexity index is 474. The molecule has 2 heterocycles. The molecule has 0 unspecified atom stereocenters. The summed E-state index contributed by atoms with van der Waals surface area (Å²) in [5.74, 6) is 0. The summed E-state index contributed by atoms with van der Waals surface area (Å²) in [4.78, 5) is 14.0. The van der Waals surface area contributed by atoms with Gasteiger partial charge < -0.3 is 0 Å². The molecule has 0 spiro atoms. The Morgan fingerprint density at radius 1 is 1.53 bits per heavy atom. The highest BCUT2D eigenvalue weighted by atomic mass is 16.6. The first kappa shape index (κ1) is 9.31. The van der Waals surface area contributed by atoms with Gasteiger partial charge in [-0.2, -0.15) is 10.2 Å². The predicted molar refractivity (Wildman–Crippen MR) is 49.0 cm³/mol. The molecule has 2 rings (SSSR count). The fourth-order valence-corrected chi connectivity index (χ4v) is 1.25. The molecule has 0 fully saturated rings. The molecule has 8 heteroatoms. The van der Waals surface area contributed by atoms with Crippen LogP contribution < -0.4 is 0 Å². The molecule has 2 aromatic rings. The quantitative estimate of drug-likeness (QED) is 0.521. The highest BCUT2D eigenvalue weighted by Gasteiger charge is 2.18. The van der Waals surface area contributed by atoms with Gasteiger partial charge in [0.05, 0.1) is 11.5 Å². The molecule has 2 aromatic heterocycles. The zero-order valence-corrected chi connectivity index (χ0v) is 7.94. The molecular formula is C7H8N6O2. The fraction of sp³-hybridized carbons (Fsp3) is 0.286. The first-order chi connectivity index (χ1) is 7.18. The van der Waals surface area contributed by atoms with Crippen molar-refractivity contribution >= 4 is 5.69 Å². The van der Waals surface area contributed by atoms with Gasteiger partial charge in [0.2, 0.25) is 0 Å². The van der Waals surface area contributed by atoms with Gasteiger partial charge in [0.1, 0.15) is 24.5 Å². The van der Waals surface area contributed by atoms with Crippen molar-refractivity contribution < 1.29 is 4.92 Å². The average molecular weight is 208 g/mol. The van der Waals surface area contributed by atoms with E-state index in [1.54, 1.807) is 7.05 Å². The van der Waals surface area contributed by atoms with Crippen LogP contribution in [-0.4, -0.2) is 29.5 Å². The van der Waals surface area contributed by atoms with Crippen molar-refractivity contribution in [3.8, 4) is 0 Å². The lowest BCUT2D eigenvalue weighted by atomic mass is 10.3. The van der Waals surface area contributed by atoms with Crippen LogP contribution >= 0.6 is 0 Å². The second-order valence-corrected chi connectivity index (χ2v) is 2.95. The summed E-state index contributed by atoms with van der Waals surface area (Å²) in [5.41, 5.74) is 0.485. The van der Waals surface area contributed by atoms with E-state index in [2.05, 4.69) is 15.2 Å². The second kappa shape index (κ2) is 3.48. The van der Waals surface area contributed by atoms with E-state index in [-0.39, 0.29) is 12.2 Å². The van der Waals surface area contributed by atoms with Gasteiger partial charge in [-0.15, -0.1) is 0 Å². The van der Waals surface area contributed by atoms with E-state index in [1.807, 2.05) is 0 Å². The minimum absolute atomic E-state index is 0.00648. The Labute approximate surface area is 84.3 Å². The first-order valence-corrected chi connectivity index (χ1v) is 4.16. The molecule has 0 saturated carbocycles. The van der Waals surface area contributed by atoms with Crippen molar-refractivity contribution in [2.75, 3.05) is 0 Å². The van der Waals surface area contributed by atoms with Crippen LogP contribution in [0.15, 0.2) is 18.9 Å². The van der Waals surface area contributed by atoms with Crippen LogP contribution in [-0.2, 0) is 13.6 Å². The van der Waals surface area contributed by atoms with Crippen LogP contribution in [0.3, 0.4) is 0 Å².